The van der Waals surface area contributed by atoms with Gasteiger partial charge in [-0.1, -0.05) is 37.3 Å². The van der Waals surface area contributed by atoms with Gasteiger partial charge in [-0.25, -0.2) is 0 Å². The molecule has 0 radical (unpaired) electrons. The average molecular weight is 202 g/mol. The van der Waals surface area contributed by atoms with E-state index in [1.807, 2.05) is 37.3 Å². The molecule has 1 aromatic rings. The van der Waals surface area contributed by atoms with Gasteiger partial charge in [0.15, 0.2) is 5.78 Å². The molecule has 0 saturated heterocycles. The monoisotopic (exact) mass is 202 g/mol. The van der Waals surface area contributed by atoms with Crippen LogP contribution in [-0.4, -0.2) is 12.9 Å². The van der Waals surface area contributed by atoms with Gasteiger partial charge in [-0.3, -0.25) is 4.79 Å². The average Bonchev–Trinajstić information content (AvgIpc) is 2.56. The summed E-state index contributed by atoms with van der Waals surface area (Å²) in [7, 11) is 1.62. The fourth-order valence-electron chi connectivity index (χ4n) is 2.07. The van der Waals surface area contributed by atoms with Crippen LogP contribution in [0, 0.1) is 5.92 Å². The lowest BCUT2D eigenvalue weighted by Gasteiger charge is -2.18. The van der Waals surface area contributed by atoms with Gasteiger partial charge in [0.2, 0.25) is 0 Å². The van der Waals surface area contributed by atoms with Gasteiger partial charge in [-0.05, 0) is 5.56 Å². The molecule has 0 aromatic heterocycles. The first kappa shape index (κ1) is 9.97. The van der Waals surface area contributed by atoms with Crippen LogP contribution in [0.25, 0.3) is 0 Å². The van der Waals surface area contributed by atoms with Gasteiger partial charge in [-0.2, -0.15) is 0 Å². The zero-order chi connectivity index (χ0) is 10.8. The van der Waals surface area contributed by atoms with E-state index in [4.69, 9.17) is 4.74 Å². The molecule has 0 bridgehead atoms. The highest BCUT2D eigenvalue weighted by Crippen LogP contribution is 2.37. The first-order valence-corrected chi connectivity index (χ1v) is 5.08. The van der Waals surface area contributed by atoms with Crippen molar-refractivity contribution in [1.82, 2.24) is 0 Å². The molecule has 0 fully saturated rings. The highest BCUT2D eigenvalue weighted by atomic mass is 16.5. The zero-order valence-corrected chi connectivity index (χ0v) is 8.94. The molecule has 0 unspecified atom stereocenters. The van der Waals surface area contributed by atoms with Crippen molar-refractivity contribution < 1.29 is 9.53 Å². The lowest BCUT2D eigenvalue weighted by molar-refractivity contribution is -0.117. The van der Waals surface area contributed by atoms with Crippen molar-refractivity contribution in [3.05, 3.63) is 47.7 Å². The lowest BCUT2D eigenvalue weighted by atomic mass is 9.89. The predicted molar refractivity (Wildman–Crippen MR) is 58.4 cm³/mol. The minimum atomic E-state index is -0.0117. The SMILES string of the molecule is COC1=CC(=O)[C@H](C)[C@H]1c1ccccc1. The minimum absolute atomic E-state index is 0.0117. The first-order valence-electron chi connectivity index (χ1n) is 5.08. The van der Waals surface area contributed by atoms with Crippen LogP contribution < -0.4 is 0 Å². The van der Waals surface area contributed by atoms with E-state index in [2.05, 4.69) is 0 Å². The van der Waals surface area contributed by atoms with Gasteiger partial charge in [0.25, 0.3) is 0 Å². The number of ketones is 1. The number of carbonyl (C=O) groups excluding carboxylic acids is 1. The van der Waals surface area contributed by atoms with Crippen LogP contribution in [-0.2, 0) is 9.53 Å². The van der Waals surface area contributed by atoms with Crippen LogP contribution in [0.3, 0.4) is 0 Å². The lowest BCUT2D eigenvalue weighted by Crippen LogP contribution is -2.12. The normalized spacial score (nSPS) is 25.2. The van der Waals surface area contributed by atoms with E-state index in [9.17, 15) is 4.79 Å². The number of benzene rings is 1. The van der Waals surface area contributed by atoms with E-state index in [1.165, 1.54) is 0 Å². The maximum atomic E-state index is 11.6. The predicted octanol–water partition coefficient (Wildman–Crippen LogP) is 2.52. The third-order valence-electron chi connectivity index (χ3n) is 2.93. The Hall–Kier alpha value is -1.57. The number of ether oxygens (including phenoxy) is 1. The van der Waals surface area contributed by atoms with Crippen molar-refractivity contribution in [3.8, 4) is 0 Å². The standard InChI is InChI=1S/C13H14O2/c1-9-11(14)8-12(15-2)13(9)10-6-4-3-5-7-10/h3-9,13H,1-2H3/t9-,13-/m0/s1. The molecule has 0 aliphatic heterocycles. The van der Waals surface area contributed by atoms with Crippen LogP contribution in [0.15, 0.2) is 42.2 Å². The van der Waals surface area contributed by atoms with E-state index in [0.29, 0.717) is 0 Å². The second-order valence-electron chi connectivity index (χ2n) is 3.83. The Morgan fingerprint density at radius 2 is 1.87 bits per heavy atom. The second-order valence-corrected chi connectivity index (χ2v) is 3.83. The Kier molecular flexibility index (Phi) is 2.58. The summed E-state index contributed by atoms with van der Waals surface area (Å²) in [6.07, 6.45) is 1.61. The van der Waals surface area contributed by atoms with E-state index < -0.39 is 0 Å². The van der Waals surface area contributed by atoms with E-state index in [1.54, 1.807) is 13.2 Å². The zero-order valence-electron chi connectivity index (χ0n) is 8.94. The van der Waals surface area contributed by atoms with Crippen molar-refractivity contribution in [3.63, 3.8) is 0 Å². The Bertz CT molecular complexity index is 392. The smallest absolute Gasteiger partial charge is 0.162 e. The fraction of sp³-hybridized carbons (Fsp3) is 0.308. The number of rotatable bonds is 2. The van der Waals surface area contributed by atoms with Crippen LogP contribution >= 0.6 is 0 Å². The van der Waals surface area contributed by atoms with Crippen LogP contribution in [0.4, 0.5) is 0 Å². The molecule has 1 aliphatic carbocycles. The molecule has 0 N–H and O–H groups in total. The largest absolute Gasteiger partial charge is 0.500 e. The Morgan fingerprint density at radius 1 is 1.20 bits per heavy atom. The molecular weight excluding hydrogens is 188 g/mol. The first-order chi connectivity index (χ1) is 7.24. The number of methoxy groups -OCH3 is 1. The van der Waals surface area contributed by atoms with Gasteiger partial charge in [0.1, 0.15) is 5.76 Å². The molecule has 2 rings (SSSR count). The summed E-state index contributed by atoms with van der Waals surface area (Å²) < 4.78 is 5.26. The maximum absolute atomic E-state index is 11.6. The molecule has 2 heteroatoms. The van der Waals surface area contributed by atoms with E-state index in [0.717, 1.165) is 11.3 Å². The molecule has 15 heavy (non-hydrogen) atoms. The Morgan fingerprint density at radius 3 is 2.47 bits per heavy atom. The summed E-state index contributed by atoms with van der Waals surface area (Å²) in [5.74, 6) is 1.01. The molecule has 0 spiro atoms. The quantitative estimate of drug-likeness (QED) is 0.736. The van der Waals surface area contributed by atoms with Gasteiger partial charge in [-0.15, -0.1) is 0 Å². The van der Waals surface area contributed by atoms with Crippen molar-refractivity contribution in [2.45, 2.75) is 12.8 Å². The van der Waals surface area contributed by atoms with E-state index in [-0.39, 0.29) is 17.6 Å². The molecule has 78 valence electrons. The molecule has 2 nitrogen and oxygen atoms in total. The van der Waals surface area contributed by atoms with E-state index >= 15 is 0 Å². The van der Waals surface area contributed by atoms with Crippen molar-refractivity contribution in [2.24, 2.45) is 5.92 Å². The summed E-state index contributed by atoms with van der Waals surface area (Å²) in [5.41, 5.74) is 1.14. The molecule has 1 aliphatic rings. The molecule has 0 heterocycles. The number of hydrogen-bond acceptors (Lipinski definition) is 2. The van der Waals surface area contributed by atoms with Gasteiger partial charge < -0.3 is 4.74 Å². The van der Waals surface area contributed by atoms with Gasteiger partial charge in [0, 0.05) is 12.0 Å². The number of hydrogen-bond donors (Lipinski definition) is 0. The molecule has 0 saturated carbocycles. The number of allylic oxidation sites excluding steroid dienone is 2. The Labute approximate surface area is 89.6 Å². The fourth-order valence-corrected chi connectivity index (χ4v) is 2.07. The summed E-state index contributed by atoms with van der Waals surface area (Å²) >= 11 is 0. The second kappa shape index (κ2) is 3.89. The summed E-state index contributed by atoms with van der Waals surface area (Å²) in [6.45, 7) is 1.95. The minimum Gasteiger partial charge on any atom is -0.500 e. The third-order valence-corrected chi connectivity index (χ3v) is 2.93. The molecule has 1 aromatic carbocycles. The van der Waals surface area contributed by atoms with Crippen LogP contribution in [0.2, 0.25) is 0 Å². The third kappa shape index (κ3) is 1.67. The van der Waals surface area contributed by atoms with Gasteiger partial charge >= 0.3 is 0 Å². The summed E-state index contributed by atoms with van der Waals surface area (Å²) in [4.78, 5) is 11.6. The summed E-state index contributed by atoms with van der Waals surface area (Å²) in [5, 5.41) is 0. The van der Waals surface area contributed by atoms with Crippen molar-refractivity contribution >= 4 is 5.78 Å². The molecule has 2 atom stereocenters. The number of carbonyl (C=O) groups is 1. The Balaban J connectivity index is 2.37. The maximum Gasteiger partial charge on any atom is 0.162 e. The van der Waals surface area contributed by atoms with Crippen LogP contribution in [0.1, 0.15) is 18.4 Å². The van der Waals surface area contributed by atoms with Crippen molar-refractivity contribution in [2.75, 3.05) is 7.11 Å². The topological polar surface area (TPSA) is 26.3 Å². The highest BCUT2D eigenvalue weighted by Gasteiger charge is 2.34. The van der Waals surface area contributed by atoms with Gasteiger partial charge in [0.05, 0.1) is 13.0 Å². The summed E-state index contributed by atoms with van der Waals surface area (Å²) in [6, 6.07) is 10.0. The molecule has 0 amide bonds. The molecular formula is C13H14O2. The highest BCUT2D eigenvalue weighted by molar-refractivity contribution is 5.96. The van der Waals surface area contributed by atoms with Crippen LogP contribution in [0.5, 0.6) is 0 Å². The van der Waals surface area contributed by atoms with Crippen molar-refractivity contribution in [1.29, 1.82) is 0 Å².